The van der Waals surface area contributed by atoms with Gasteiger partial charge in [0.25, 0.3) is 0 Å². The van der Waals surface area contributed by atoms with Crippen LogP contribution < -0.4 is 5.73 Å². The fourth-order valence-corrected chi connectivity index (χ4v) is 2.34. The van der Waals surface area contributed by atoms with E-state index in [0.29, 0.717) is 0 Å². The number of nitrogens with two attached hydrogens (primary N) is 1. The molecule has 0 atom stereocenters. The van der Waals surface area contributed by atoms with Crippen LogP contribution in [0.25, 0.3) is 0 Å². The zero-order valence-corrected chi connectivity index (χ0v) is 9.37. The number of ether oxygens (including phenoxy) is 1. The van der Waals surface area contributed by atoms with Crippen LogP contribution in [-0.2, 0) is 4.74 Å². The van der Waals surface area contributed by atoms with Gasteiger partial charge in [0.1, 0.15) is 0 Å². The van der Waals surface area contributed by atoms with Crippen molar-refractivity contribution in [1.29, 1.82) is 0 Å². The Morgan fingerprint density at radius 2 is 2.08 bits per heavy atom. The van der Waals surface area contributed by atoms with E-state index in [2.05, 4.69) is 6.92 Å². The highest BCUT2D eigenvalue weighted by Gasteiger charge is 2.26. The molecule has 0 radical (unpaired) electrons. The summed E-state index contributed by atoms with van der Waals surface area (Å²) in [7, 11) is 0. The van der Waals surface area contributed by atoms with Crippen molar-refractivity contribution in [3.8, 4) is 0 Å². The second-order valence-electron chi connectivity index (χ2n) is 3.78. The Labute approximate surface area is 85.6 Å². The summed E-state index contributed by atoms with van der Waals surface area (Å²) in [5, 5.41) is 0. The van der Waals surface area contributed by atoms with E-state index in [4.69, 9.17) is 10.5 Å². The summed E-state index contributed by atoms with van der Waals surface area (Å²) in [6.07, 6.45) is 4.52. The molecule has 1 aliphatic heterocycles. The van der Waals surface area contributed by atoms with Gasteiger partial charge in [-0.1, -0.05) is 6.92 Å². The van der Waals surface area contributed by atoms with Crippen molar-refractivity contribution in [1.82, 2.24) is 0 Å². The van der Waals surface area contributed by atoms with Crippen LogP contribution in [0.3, 0.4) is 0 Å². The monoisotopic (exact) mass is 203 g/mol. The highest BCUT2D eigenvalue weighted by Crippen LogP contribution is 2.23. The average molecular weight is 203 g/mol. The summed E-state index contributed by atoms with van der Waals surface area (Å²) in [5.74, 6) is 2.48. The van der Waals surface area contributed by atoms with Crippen LogP contribution >= 0.6 is 11.8 Å². The molecule has 0 saturated carbocycles. The molecule has 0 aliphatic carbocycles. The summed E-state index contributed by atoms with van der Waals surface area (Å²) in [6, 6.07) is 0. The molecule has 2 N–H and O–H groups in total. The van der Waals surface area contributed by atoms with Crippen molar-refractivity contribution >= 4 is 11.8 Å². The summed E-state index contributed by atoms with van der Waals surface area (Å²) in [6.45, 7) is 3.92. The van der Waals surface area contributed by atoms with Crippen molar-refractivity contribution in [2.24, 2.45) is 5.73 Å². The second-order valence-corrected chi connectivity index (χ2v) is 5.17. The van der Waals surface area contributed by atoms with Crippen molar-refractivity contribution in [3.05, 3.63) is 0 Å². The Balaban J connectivity index is 2.10. The lowest BCUT2D eigenvalue weighted by Crippen LogP contribution is -2.45. The third kappa shape index (κ3) is 4.34. The van der Waals surface area contributed by atoms with Gasteiger partial charge < -0.3 is 10.5 Å². The van der Waals surface area contributed by atoms with Gasteiger partial charge in [-0.3, -0.25) is 0 Å². The normalized spacial score (nSPS) is 21.7. The van der Waals surface area contributed by atoms with Crippen molar-refractivity contribution in [3.63, 3.8) is 0 Å². The van der Waals surface area contributed by atoms with Gasteiger partial charge in [-0.05, 0) is 37.2 Å². The maximum Gasteiger partial charge on any atom is 0.0483 e. The highest BCUT2D eigenvalue weighted by atomic mass is 32.2. The maximum absolute atomic E-state index is 6.25. The fraction of sp³-hybridized carbons (Fsp3) is 1.00. The van der Waals surface area contributed by atoms with Crippen LogP contribution in [0, 0.1) is 0 Å². The van der Waals surface area contributed by atoms with E-state index in [1.807, 2.05) is 11.8 Å². The fourth-order valence-electron chi connectivity index (χ4n) is 1.70. The Hall–Kier alpha value is 0.270. The van der Waals surface area contributed by atoms with Gasteiger partial charge in [0, 0.05) is 18.8 Å². The quantitative estimate of drug-likeness (QED) is 0.694. The second kappa shape index (κ2) is 5.89. The third-order valence-corrected chi connectivity index (χ3v) is 3.64. The minimum atomic E-state index is 0.0898. The first-order valence-corrected chi connectivity index (χ1v) is 6.37. The summed E-state index contributed by atoms with van der Waals surface area (Å²) in [4.78, 5) is 0. The van der Waals surface area contributed by atoms with Gasteiger partial charge in [-0.2, -0.15) is 11.8 Å². The van der Waals surface area contributed by atoms with Crippen LogP contribution in [0.15, 0.2) is 0 Å². The molecule has 78 valence electrons. The molecule has 0 aromatic rings. The molecule has 13 heavy (non-hydrogen) atoms. The molecule has 2 nitrogen and oxygen atoms in total. The Kier molecular flexibility index (Phi) is 5.14. The maximum atomic E-state index is 6.25. The smallest absolute Gasteiger partial charge is 0.0483 e. The first-order valence-electron chi connectivity index (χ1n) is 5.21. The van der Waals surface area contributed by atoms with Crippen molar-refractivity contribution in [2.45, 2.75) is 38.1 Å². The van der Waals surface area contributed by atoms with Gasteiger partial charge in [-0.25, -0.2) is 0 Å². The predicted octanol–water partition coefficient (Wildman–Crippen LogP) is 2.03. The number of rotatable bonds is 5. The Morgan fingerprint density at radius 1 is 1.38 bits per heavy atom. The van der Waals surface area contributed by atoms with Crippen LogP contribution in [0.5, 0.6) is 0 Å². The van der Waals surface area contributed by atoms with E-state index >= 15 is 0 Å². The molecule has 0 amide bonds. The van der Waals surface area contributed by atoms with Gasteiger partial charge in [0.05, 0.1) is 0 Å². The molecule has 1 rings (SSSR count). The summed E-state index contributed by atoms with van der Waals surface area (Å²) in [5.41, 5.74) is 6.34. The third-order valence-electron chi connectivity index (χ3n) is 2.66. The van der Waals surface area contributed by atoms with Gasteiger partial charge in [0.15, 0.2) is 0 Å². The molecule has 1 saturated heterocycles. The largest absolute Gasteiger partial charge is 0.381 e. The van der Waals surface area contributed by atoms with Crippen molar-refractivity contribution < 1.29 is 4.74 Å². The molecule has 0 aromatic carbocycles. The zero-order valence-electron chi connectivity index (χ0n) is 8.55. The summed E-state index contributed by atoms with van der Waals surface area (Å²) < 4.78 is 5.31. The van der Waals surface area contributed by atoms with E-state index in [1.165, 1.54) is 24.3 Å². The van der Waals surface area contributed by atoms with Crippen molar-refractivity contribution in [2.75, 3.05) is 24.7 Å². The molecule has 1 fully saturated rings. The van der Waals surface area contributed by atoms with Crippen LogP contribution in [0.1, 0.15) is 32.6 Å². The SMILES string of the molecule is CCSCCCC1(N)CCOCC1. The number of hydrogen-bond acceptors (Lipinski definition) is 3. The van der Waals surface area contributed by atoms with E-state index in [-0.39, 0.29) is 5.54 Å². The predicted molar refractivity (Wildman–Crippen MR) is 59.2 cm³/mol. The van der Waals surface area contributed by atoms with E-state index in [9.17, 15) is 0 Å². The molecular weight excluding hydrogens is 182 g/mol. The first-order chi connectivity index (χ1) is 6.27. The standard InChI is InChI=1S/C10H21NOS/c1-2-13-9-3-4-10(11)5-7-12-8-6-10/h2-9,11H2,1H3. The molecule has 0 aromatic heterocycles. The van der Waals surface area contributed by atoms with Crippen LogP contribution in [0.4, 0.5) is 0 Å². The molecular formula is C10H21NOS. The van der Waals surface area contributed by atoms with E-state index < -0.39 is 0 Å². The minimum Gasteiger partial charge on any atom is -0.381 e. The molecule has 1 aliphatic rings. The average Bonchev–Trinajstić information content (AvgIpc) is 2.14. The Morgan fingerprint density at radius 3 is 2.69 bits per heavy atom. The number of thioether (sulfide) groups is 1. The van der Waals surface area contributed by atoms with Gasteiger partial charge in [-0.15, -0.1) is 0 Å². The highest BCUT2D eigenvalue weighted by molar-refractivity contribution is 7.99. The first kappa shape index (κ1) is 11.3. The Bertz CT molecular complexity index is 135. The van der Waals surface area contributed by atoms with Gasteiger partial charge in [0.2, 0.25) is 0 Å². The molecule has 0 spiro atoms. The minimum absolute atomic E-state index is 0.0898. The van der Waals surface area contributed by atoms with Gasteiger partial charge >= 0.3 is 0 Å². The van der Waals surface area contributed by atoms with E-state index in [0.717, 1.165) is 26.1 Å². The number of hydrogen-bond donors (Lipinski definition) is 1. The lowest BCUT2D eigenvalue weighted by Gasteiger charge is -2.33. The molecule has 0 unspecified atom stereocenters. The lowest BCUT2D eigenvalue weighted by atomic mass is 9.87. The molecule has 3 heteroatoms. The van der Waals surface area contributed by atoms with Crippen LogP contribution in [0.2, 0.25) is 0 Å². The lowest BCUT2D eigenvalue weighted by molar-refractivity contribution is 0.0501. The summed E-state index contributed by atoms with van der Waals surface area (Å²) >= 11 is 2.01. The molecule has 1 heterocycles. The topological polar surface area (TPSA) is 35.2 Å². The van der Waals surface area contributed by atoms with Crippen LogP contribution in [-0.4, -0.2) is 30.3 Å². The molecule has 0 bridgehead atoms. The zero-order chi connectivity index (χ0) is 9.57. The van der Waals surface area contributed by atoms with E-state index in [1.54, 1.807) is 0 Å².